The Balaban J connectivity index is 2.02. The number of hydrogen-bond acceptors (Lipinski definition) is 4. The summed E-state index contributed by atoms with van der Waals surface area (Å²) in [7, 11) is 0. The van der Waals surface area contributed by atoms with Crippen molar-refractivity contribution < 1.29 is 9.32 Å². The zero-order valence-corrected chi connectivity index (χ0v) is 8.98. The van der Waals surface area contributed by atoms with Gasteiger partial charge in [0.15, 0.2) is 5.76 Å². The number of carbonyl (C=O) groups is 1. The number of carbonyl (C=O) groups excluding carboxylic acids is 1. The molecule has 4 heteroatoms. The highest BCUT2D eigenvalue weighted by Crippen LogP contribution is 2.19. The molecule has 1 unspecified atom stereocenters. The summed E-state index contributed by atoms with van der Waals surface area (Å²) < 4.78 is 5.06. The molecule has 1 fully saturated rings. The molecular weight excluding hydrogens is 192 g/mol. The molecule has 1 aliphatic heterocycles. The number of aromatic nitrogens is 1. The minimum absolute atomic E-state index is 0.0730. The van der Waals surface area contributed by atoms with Crippen molar-refractivity contribution in [3.05, 3.63) is 18.0 Å². The van der Waals surface area contributed by atoms with E-state index in [0.717, 1.165) is 31.6 Å². The van der Waals surface area contributed by atoms with Crippen LogP contribution in [0.15, 0.2) is 16.8 Å². The van der Waals surface area contributed by atoms with E-state index in [-0.39, 0.29) is 11.8 Å². The predicted octanol–water partition coefficient (Wildman–Crippen LogP) is 1.62. The normalized spacial score (nSPS) is 22.9. The van der Waals surface area contributed by atoms with Gasteiger partial charge < -0.3 is 4.52 Å². The average molecular weight is 208 g/mol. The van der Waals surface area contributed by atoms with E-state index in [1.807, 2.05) is 6.07 Å². The SMILES string of the molecule is CC(=O)C1CCCCN1Cc1ccno1. The number of rotatable bonds is 3. The number of hydrogen-bond donors (Lipinski definition) is 0. The first kappa shape index (κ1) is 10.4. The van der Waals surface area contributed by atoms with Crippen LogP contribution in [-0.4, -0.2) is 28.4 Å². The number of Topliss-reactive ketones (excluding diaryl/α,β-unsaturated/α-hetero) is 1. The third kappa shape index (κ3) is 2.45. The van der Waals surface area contributed by atoms with Crippen molar-refractivity contribution in [2.75, 3.05) is 6.54 Å². The summed E-state index contributed by atoms with van der Waals surface area (Å²) in [5.41, 5.74) is 0. The van der Waals surface area contributed by atoms with Crippen LogP contribution in [0.2, 0.25) is 0 Å². The maximum atomic E-state index is 11.4. The lowest BCUT2D eigenvalue weighted by molar-refractivity contribution is -0.123. The quantitative estimate of drug-likeness (QED) is 0.757. The van der Waals surface area contributed by atoms with Crippen molar-refractivity contribution in [1.82, 2.24) is 10.1 Å². The van der Waals surface area contributed by atoms with Crippen molar-refractivity contribution >= 4 is 5.78 Å². The summed E-state index contributed by atoms with van der Waals surface area (Å²) >= 11 is 0. The zero-order chi connectivity index (χ0) is 10.7. The van der Waals surface area contributed by atoms with Crippen LogP contribution < -0.4 is 0 Å². The second-order valence-electron chi connectivity index (χ2n) is 4.07. The molecule has 2 heterocycles. The Morgan fingerprint density at radius 2 is 2.53 bits per heavy atom. The molecule has 82 valence electrons. The molecule has 15 heavy (non-hydrogen) atoms. The van der Waals surface area contributed by atoms with E-state index in [1.165, 1.54) is 0 Å². The average Bonchev–Trinajstić information content (AvgIpc) is 2.71. The highest BCUT2D eigenvalue weighted by molar-refractivity contribution is 5.81. The number of piperidine rings is 1. The van der Waals surface area contributed by atoms with E-state index in [4.69, 9.17) is 4.52 Å². The molecule has 4 nitrogen and oxygen atoms in total. The molecule has 0 N–H and O–H groups in total. The van der Waals surface area contributed by atoms with Gasteiger partial charge in [-0.1, -0.05) is 11.6 Å². The van der Waals surface area contributed by atoms with Crippen LogP contribution >= 0.6 is 0 Å². The van der Waals surface area contributed by atoms with Crippen LogP contribution in [0.5, 0.6) is 0 Å². The van der Waals surface area contributed by atoms with E-state index in [9.17, 15) is 4.79 Å². The van der Waals surface area contributed by atoms with Gasteiger partial charge in [0.05, 0.1) is 18.8 Å². The third-order valence-corrected chi connectivity index (χ3v) is 2.93. The Bertz CT molecular complexity index is 321. The van der Waals surface area contributed by atoms with Crippen molar-refractivity contribution in [3.63, 3.8) is 0 Å². The highest BCUT2D eigenvalue weighted by Gasteiger charge is 2.26. The van der Waals surface area contributed by atoms with Crippen LogP contribution in [0.25, 0.3) is 0 Å². The third-order valence-electron chi connectivity index (χ3n) is 2.93. The van der Waals surface area contributed by atoms with Gasteiger partial charge in [-0.3, -0.25) is 9.69 Å². The van der Waals surface area contributed by atoms with E-state index in [1.54, 1.807) is 13.1 Å². The Labute approximate surface area is 89.2 Å². The number of ketones is 1. The van der Waals surface area contributed by atoms with Gasteiger partial charge in [0.25, 0.3) is 0 Å². The molecule has 0 bridgehead atoms. The minimum atomic E-state index is 0.0730. The first-order valence-corrected chi connectivity index (χ1v) is 5.41. The monoisotopic (exact) mass is 208 g/mol. The molecule has 0 amide bonds. The fraction of sp³-hybridized carbons (Fsp3) is 0.636. The molecule has 0 spiro atoms. The summed E-state index contributed by atoms with van der Waals surface area (Å²) in [4.78, 5) is 13.6. The Morgan fingerprint density at radius 3 is 3.20 bits per heavy atom. The minimum Gasteiger partial charge on any atom is -0.360 e. The number of nitrogens with zero attached hydrogens (tertiary/aromatic N) is 2. The molecule has 1 saturated heterocycles. The van der Waals surface area contributed by atoms with Gasteiger partial charge in [0.1, 0.15) is 5.78 Å². The second-order valence-corrected chi connectivity index (χ2v) is 4.07. The molecule has 1 aliphatic rings. The van der Waals surface area contributed by atoms with Gasteiger partial charge in [-0.15, -0.1) is 0 Å². The van der Waals surface area contributed by atoms with Gasteiger partial charge in [0, 0.05) is 6.07 Å². The molecule has 1 aromatic heterocycles. The lowest BCUT2D eigenvalue weighted by atomic mass is 9.99. The molecule has 1 atom stereocenters. The zero-order valence-electron chi connectivity index (χ0n) is 8.98. The second kappa shape index (κ2) is 4.57. The standard InChI is InChI=1S/C11H16N2O2/c1-9(14)11-4-2-3-7-13(11)8-10-5-6-12-15-10/h5-6,11H,2-4,7-8H2,1H3. The molecule has 0 saturated carbocycles. The Morgan fingerprint density at radius 1 is 1.67 bits per heavy atom. The highest BCUT2D eigenvalue weighted by atomic mass is 16.5. The topological polar surface area (TPSA) is 46.3 Å². The molecule has 0 aliphatic carbocycles. The summed E-state index contributed by atoms with van der Waals surface area (Å²) in [5, 5.41) is 3.67. The largest absolute Gasteiger partial charge is 0.360 e. The first-order chi connectivity index (χ1) is 7.27. The van der Waals surface area contributed by atoms with Crippen molar-refractivity contribution in [1.29, 1.82) is 0 Å². The van der Waals surface area contributed by atoms with E-state index < -0.39 is 0 Å². The van der Waals surface area contributed by atoms with Crippen LogP contribution in [0.1, 0.15) is 31.9 Å². The van der Waals surface area contributed by atoms with Gasteiger partial charge in [0.2, 0.25) is 0 Å². The van der Waals surface area contributed by atoms with E-state index in [0.29, 0.717) is 6.54 Å². The molecular formula is C11H16N2O2. The molecule has 0 radical (unpaired) electrons. The van der Waals surface area contributed by atoms with E-state index >= 15 is 0 Å². The van der Waals surface area contributed by atoms with Crippen LogP contribution in [0, 0.1) is 0 Å². The van der Waals surface area contributed by atoms with Gasteiger partial charge in [-0.2, -0.15) is 0 Å². The summed E-state index contributed by atoms with van der Waals surface area (Å²) in [6.45, 7) is 3.35. The number of likely N-dealkylation sites (tertiary alicyclic amines) is 1. The first-order valence-electron chi connectivity index (χ1n) is 5.41. The Kier molecular flexibility index (Phi) is 3.16. The van der Waals surface area contributed by atoms with Gasteiger partial charge in [-0.25, -0.2) is 0 Å². The lowest BCUT2D eigenvalue weighted by Gasteiger charge is -2.33. The maximum absolute atomic E-state index is 11.4. The summed E-state index contributed by atoms with van der Waals surface area (Å²) in [5.74, 6) is 1.09. The Hall–Kier alpha value is -1.16. The van der Waals surface area contributed by atoms with E-state index in [2.05, 4.69) is 10.1 Å². The molecule has 0 aromatic carbocycles. The lowest BCUT2D eigenvalue weighted by Crippen LogP contribution is -2.43. The molecule has 2 rings (SSSR count). The van der Waals surface area contributed by atoms with Gasteiger partial charge >= 0.3 is 0 Å². The van der Waals surface area contributed by atoms with Gasteiger partial charge in [-0.05, 0) is 26.3 Å². The van der Waals surface area contributed by atoms with Crippen LogP contribution in [-0.2, 0) is 11.3 Å². The molecule has 1 aromatic rings. The fourth-order valence-electron chi connectivity index (χ4n) is 2.16. The summed E-state index contributed by atoms with van der Waals surface area (Å²) in [6, 6.07) is 1.93. The fourth-order valence-corrected chi connectivity index (χ4v) is 2.16. The van der Waals surface area contributed by atoms with Crippen LogP contribution in [0.4, 0.5) is 0 Å². The van der Waals surface area contributed by atoms with Crippen molar-refractivity contribution in [2.45, 2.75) is 38.8 Å². The van der Waals surface area contributed by atoms with Crippen molar-refractivity contribution in [3.8, 4) is 0 Å². The predicted molar refractivity (Wildman–Crippen MR) is 55.2 cm³/mol. The van der Waals surface area contributed by atoms with Crippen LogP contribution in [0.3, 0.4) is 0 Å². The smallest absolute Gasteiger partial charge is 0.150 e. The van der Waals surface area contributed by atoms with Crippen molar-refractivity contribution in [2.24, 2.45) is 0 Å². The maximum Gasteiger partial charge on any atom is 0.150 e. The summed E-state index contributed by atoms with van der Waals surface area (Å²) in [6.07, 6.45) is 4.93.